The number of para-hydroxylation sites is 1. The molecular formula is C21H18N2O2. The fourth-order valence-corrected chi connectivity index (χ4v) is 3.26. The first-order chi connectivity index (χ1) is 12.3. The molecule has 1 aliphatic heterocycles. The van der Waals surface area contributed by atoms with Crippen LogP contribution in [0.3, 0.4) is 0 Å². The van der Waals surface area contributed by atoms with Crippen LogP contribution in [0.5, 0.6) is 5.75 Å². The predicted molar refractivity (Wildman–Crippen MR) is 97.9 cm³/mol. The Kier molecular flexibility index (Phi) is 4.04. The first-order valence-electron chi connectivity index (χ1n) is 8.18. The lowest BCUT2D eigenvalue weighted by Crippen LogP contribution is -2.06. The number of aliphatic hydroxyl groups is 1. The van der Waals surface area contributed by atoms with E-state index in [9.17, 15) is 5.11 Å². The van der Waals surface area contributed by atoms with Crippen LogP contribution < -0.4 is 4.74 Å². The summed E-state index contributed by atoms with van der Waals surface area (Å²) in [6.07, 6.45) is 1.82. The fraction of sp³-hybridized carbons (Fsp3) is 0.143. The zero-order valence-electron chi connectivity index (χ0n) is 13.9. The molecule has 2 aromatic carbocycles. The number of hydrogen-bond donors (Lipinski definition) is 1. The molecule has 0 radical (unpaired) electrons. The van der Waals surface area contributed by atoms with Gasteiger partial charge in [0.15, 0.2) is 0 Å². The maximum absolute atomic E-state index is 9.45. The molecule has 3 aromatic rings. The van der Waals surface area contributed by atoms with E-state index >= 15 is 0 Å². The number of aliphatic hydroxyl groups excluding tert-OH is 1. The lowest BCUT2D eigenvalue weighted by Gasteiger charge is -2.13. The first kappa shape index (κ1) is 15.5. The summed E-state index contributed by atoms with van der Waals surface area (Å²) in [6.45, 7) is 0.588. The number of nitrogens with zero attached hydrogens (tertiary/aromatic N) is 2. The van der Waals surface area contributed by atoms with Gasteiger partial charge in [-0.2, -0.15) is 0 Å². The number of benzene rings is 2. The van der Waals surface area contributed by atoms with Crippen LogP contribution in [0.15, 0.2) is 65.8 Å². The number of aromatic nitrogens is 1. The van der Waals surface area contributed by atoms with E-state index in [-0.39, 0.29) is 6.61 Å². The van der Waals surface area contributed by atoms with Crippen molar-refractivity contribution in [3.05, 3.63) is 83.2 Å². The highest BCUT2D eigenvalue weighted by Gasteiger charge is 2.24. The Bertz CT molecular complexity index is 964. The van der Waals surface area contributed by atoms with Crippen LogP contribution in [-0.2, 0) is 13.2 Å². The molecule has 0 saturated carbocycles. The van der Waals surface area contributed by atoms with Crippen molar-refractivity contribution in [3.63, 3.8) is 0 Å². The largest absolute Gasteiger partial charge is 0.496 e. The van der Waals surface area contributed by atoms with Gasteiger partial charge in [-0.3, -0.25) is 9.98 Å². The fourth-order valence-electron chi connectivity index (χ4n) is 3.26. The molecule has 4 nitrogen and oxygen atoms in total. The van der Waals surface area contributed by atoms with Crippen molar-refractivity contribution in [2.24, 2.45) is 4.99 Å². The van der Waals surface area contributed by atoms with Crippen molar-refractivity contribution in [1.82, 2.24) is 4.98 Å². The zero-order valence-corrected chi connectivity index (χ0v) is 13.9. The number of methoxy groups -OCH3 is 1. The van der Waals surface area contributed by atoms with Gasteiger partial charge in [-0.05, 0) is 41.0 Å². The summed E-state index contributed by atoms with van der Waals surface area (Å²) < 4.78 is 5.52. The summed E-state index contributed by atoms with van der Waals surface area (Å²) >= 11 is 0. The topological polar surface area (TPSA) is 54.7 Å². The van der Waals surface area contributed by atoms with E-state index in [2.05, 4.69) is 4.98 Å². The smallest absolute Gasteiger partial charge is 0.128 e. The minimum Gasteiger partial charge on any atom is -0.496 e. The number of aliphatic imine (C=N–C) groups is 1. The van der Waals surface area contributed by atoms with Crippen molar-refractivity contribution in [3.8, 4) is 16.9 Å². The molecule has 124 valence electrons. The van der Waals surface area contributed by atoms with Crippen LogP contribution in [-0.4, -0.2) is 22.9 Å². The third-order valence-corrected chi connectivity index (χ3v) is 4.44. The molecule has 25 heavy (non-hydrogen) atoms. The Balaban J connectivity index is 1.89. The first-order valence-corrected chi connectivity index (χ1v) is 8.18. The second kappa shape index (κ2) is 6.49. The average molecular weight is 330 g/mol. The van der Waals surface area contributed by atoms with Gasteiger partial charge >= 0.3 is 0 Å². The third-order valence-electron chi connectivity index (χ3n) is 4.44. The lowest BCUT2D eigenvalue weighted by atomic mass is 9.93. The van der Waals surface area contributed by atoms with Crippen LogP contribution in [0.25, 0.3) is 11.1 Å². The van der Waals surface area contributed by atoms with Gasteiger partial charge in [0.2, 0.25) is 0 Å². The van der Waals surface area contributed by atoms with Gasteiger partial charge in [0.25, 0.3) is 0 Å². The van der Waals surface area contributed by atoms with Gasteiger partial charge in [0.05, 0.1) is 31.7 Å². The quantitative estimate of drug-likeness (QED) is 0.795. The average Bonchev–Trinajstić information content (AvgIpc) is 3.12. The molecule has 1 N–H and O–H groups in total. The summed E-state index contributed by atoms with van der Waals surface area (Å²) in [5, 5.41) is 9.45. The van der Waals surface area contributed by atoms with E-state index in [0.29, 0.717) is 6.54 Å². The van der Waals surface area contributed by atoms with E-state index in [0.717, 1.165) is 45.0 Å². The Labute approximate surface area is 146 Å². The Morgan fingerprint density at radius 3 is 2.76 bits per heavy atom. The Morgan fingerprint density at radius 1 is 1.04 bits per heavy atom. The molecule has 1 aromatic heterocycles. The molecule has 0 bridgehead atoms. The third kappa shape index (κ3) is 2.71. The van der Waals surface area contributed by atoms with E-state index in [4.69, 9.17) is 9.73 Å². The van der Waals surface area contributed by atoms with Crippen molar-refractivity contribution in [1.29, 1.82) is 0 Å². The molecule has 4 heteroatoms. The van der Waals surface area contributed by atoms with Gasteiger partial charge in [-0.15, -0.1) is 0 Å². The predicted octanol–water partition coefficient (Wildman–Crippen LogP) is 3.60. The normalized spacial score (nSPS) is 12.6. The number of hydrogen-bond acceptors (Lipinski definition) is 4. The molecule has 0 saturated heterocycles. The highest BCUT2D eigenvalue weighted by molar-refractivity contribution is 6.19. The molecule has 0 spiro atoms. The molecule has 0 unspecified atom stereocenters. The maximum Gasteiger partial charge on any atom is 0.128 e. The summed E-state index contributed by atoms with van der Waals surface area (Å²) in [5.74, 6) is 0.799. The van der Waals surface area contributed by atoms with Crippen molar-refractivity contribution >= 4 is 5.71 Å². The molecule has 0 aliphatic carbocycles. The maximum atomic E-state index is 9.45. The monoisotopic (exact) mass is 330 g/mol. The highest BCUT2D eigenvalue weighted by atomic mass is 16.5. The van der Waals surface area contributed by atoms with Crippen molar-refractivity contribution in [2.75, 3.05) is 7.11 Å². The van der Waals surface area contributed by atoms with E-state index in [1.165, 1.54) is 0 Å². The second-order valence-electron chi connectivity index (χ2n) is 5.90. The molecule has 0 amide bonds. The van der Waals surface area contributed by atoms with E-state index in [1.54, 1.807) is 7.11 Å². The standard InChI is InChI=1S/C21H18N2O2/c1-25-19-8-3-2-7-17(19)21-20-16(9-10-22-18(20)12-23-21)15-6-4-5-14(11-15)13-24/h2-11,24H,12-13H2,1H3. The van der Waals surface area contributed by atoms with Crippen LogP contribution in [0, 0.1) is 0 Å². The number of ether oxygens (including phenoxy) is 1. The summed E-state index contributed by atoms with van der Waals surface area (Å²) in [5.41, 5.74) is 6.89. The Hall–Kier alpha value is -2.98. The molecule has 2 heterocycles. The lowest BCUT2D eigenvalue weighted by molar-refractivity contribution is 0.282. The van der Waals surface area contributed by atoms with E-state index < -0.39 is 0 Å². The number of fused-ring (bicyclic) bond motifs is 1. The molecule has 4 rings (SSSR count). The molecule has 1 aliphatic rings. The van der Waals surface area contributed by atoms with Crippen LogP contribution in [0.2, 0.25) is 0 Å². The molecule has 0 atom stereocenters. The highest BCUT2D eigenvalue weighted by Crippen LogP contribution is 2.34. The summed E-state index contributed by atoms with van der Waals surface area (Å²) in [7, 11) is 1.67. The minimum atomic E-state index is 0.0224. The SMILES string of the molecule is COc1ccccc1C1=NCc2nccc(-c3cccc(CO)c3)c21. The van der Waals surface area contributed by atoms with Gasteiger partial charge < -0.3 is 9.84 Å². The number of pyridine rings is 1. The summed E-state index contributed by atoms with van der Waals surface area (Å²) in [4.78, 5) is 9.25. The van der Waals surface area contributed by atoms with Crippen LogP contribution in [0.1, 0.15) is 22.4 Å². The van der Waals surface area contributed by atoms with Gasteiger partial charge in [-0.1, -0.05) is 30.3 Å². The van der Waals surface area contributed by atoms with Gasteiger partial charge in [-0.25, -0.2) is 0 Å². The molecular weight excluding hydrogens is 312 g/mol. The zero-order chi connectivity index (χ0) is 17.2. The molecule has 0 fully saturated rings. The van der Waals surface area contributed by atoms with Gasteiger partial charge in [0.1, 0.15) is 5.75 Å². The summed E-state index contributed by atoms with van der Waals surface area (Å²) in [6, 6.07) is 17.8. The van der Waals surface area contributed by atoms with Crippen LogP contribution in [0.4, 0.5) is 0 Å². The van der Waals surface area contributed by atoms with Crippen molar-refractivity contribution < 1.29 is 9.84 Å². The van der Waals surface area contributed by atoms with E-state index in [1.807, 2.05) is 60.8 Å². The Morgan fingerprint density at radius 2 is 1.92 bits per heavy atom. The van der Waals surface area contributed by atoms with Crippen molar-refractivity contribution in [2.45, 2.75) is 13.2 Å². The van der Waals surface area contributed by atoms with Gasteiger partial charge in [0, 0.05) is 17.3 Å². The van der Waals surface area contributed by atoms with Crippen LogP contribution >= 0.6 is 0 Å². The second-order valence-corrected chi connectivity index (χ2v) is 5.90. The minimum absolute atomic E-state index is 0.0224. The number of rotatable bonds is 4.